The fourth-order valence-corrected chi connectivity index (χ4v) is 7.93. The molecule has 2 N–H and O–H groups in total. The molecular weight excluding hydrogens is 500 g/mol. The van der Waals surface area contributed by atoms with E-state index in [0.29, 0.717) is 5.02 Å². The van der Waals surface area contributed by atoms with E-state index in [-0.39, 0.29) is 36.1 Å². The van der Waals surface area contributed by atoms with Crippen LogP contribution in [-0.2, 0) is 29.4 Å². The van der Waals surface area contributed by atoms with Crippen LogP contribution >= 0.6 is 11.6 Å². The molecule has 0 radical (unpaired) electrons. The predicted molar refractivity (Wildman–Crippen MR) is 118 cm³/mol. The number of carboxylic acid groups (broad SMARTS) is 1. The van der Waals surface area contributed by atoms with Gasteiger partial charge in [0, 0.05) is 10.6 Å². The molecule has 7 nitrogen and oxygen atoms in total. The highest BCUT2D eigenvalue weighted by Gasteiger charge is 2.50. The highest BCUT2D eigenvalue weighted by atomic mass is 35.5. The van der Waals surface area contributed by atoms with Gasteiger partial charge in [0.1, 0.15) is 22.9 Å². The quantitative estimate of drug-likeness (QED) is 0.549. The number of sulfonamides is 1. The molecule has 0 unspecified atom stereocenters. The normalized spacial score (nSPS) is 21.6. The van der Waals surface area contributed by atoms with Crippen LogP contribution in [-0.4, -0.2) is 40.2 Å². The summed E-state index contributed by atoms with van der Waals surface area (Å²) < 4.78 is 80.8. The topological polar surface area (TPSA) is 118 Å². The molecule has 0 aliphatic heterocycles. The number of carbonyl (C=O) groups is 1. The maximum Gasteiger partial charge on any atom is 0.318 e. The van der Waals surface area contributed by atoms with Crippen molar-refractivity contribution in [2.45, 2.75) is 35.3 Å². The minimum atomic E-state index is -4.23. The Labute approximate surface area is 195 Å². The van der Waals surface area contributed by atoms with Gasteiger partial charge < -0.3 is 5.11 Å². The van der Waals surface area contributed by atoms with Crippen molar-refractivity contribution in [2.75, 3.05) is 12.3 Å². The van der Waals surface area contributed by atoms with Crippen LogP contribution in [0.1, 0.15) is 31.2 Å². The SMILES string of the molecule is O=C(O)CNS(=O)(=O)CC1CCC(c2cc(F)ccc2F)(S(=O)(=O)c2ccc(Cl)cc2)CC1. The molecule has 0 heterocycles. The van der Waals surface area contributed by atoms with Gasteiger partial charge in [-0.05, 0) is 74.1 Å². The summed E-state index contributed by atoms with van der Waals surface area (Å²) in [6, 6.07) is 8.00. The van der Waals surface area contributed by atoms with E-state index in [1.54, 1.807) is 0 Å². The van der Waals surface area contributed by atoms with Crippen molar-refractivity contribution in [3.8, 4) is 0 Å². The summed E-state index contributed by atoms with van der Waals surface area (Å²) in [4.78, 5) is 10.5. The zero-order valence-corrected chi connectivity index (χ0v) is 19.7. The number of hydrogen-bond acceptors (Lipinski definition) is 5. The van der Waals surface area contributed by atoms with Crippen LogP contribution in [0.15, 0.2) is 47.4 Å². The number of nitrogens with one attached hydrogen (secondary N) is 1. The van der Waals surface area contributed by atoms with E-state index in [0.717, 1.165) is 18.2 Å². The Bertz CT molecular complexity index is 1240. The molecule has 12 heteroatoms. The Morgan fingerprint density at radius 3 is 2.24 bits per heavy atom. The van der Waals surface area contributed by atoms with E-state index < -0.39 is 60.4 Å². The summed E-state index contributed by atoms with van der Waals surface area (Å²) in [7, 11) is -8.14. The molecule has 0 saturated heterocycles. The number of carboxylic acids is 1. The van der Waals surface area contributed by atoms with Crippen molar-refractivity contribution < 1.29 is 35.5 Å². The number of aliphatic carboxylic acids is 1. The van der Waals surface area contributed by atoms with Crippen LogP contribution in [0.4, 0.5) is 8.78 Å². The lowest BCUT2D eigenvalue weighted by atomic mass is 9.78. The van der Waals surface area contributed by atoms with Gasteiger partial charge in [-0.3, -0.25) is 4.79 Å². The smallest absolute Gasteiger partial charge is 0.318 e. The van der Waals surface area contributed by atoms with E-state index in [1.165, 1.54) is 24.3 Å². The van der Waals surface area contributed by atoms with Crippen molar-refractivity contribution in [1.29, 1.82) is 0 Å². The van der Waals surface area contributed by atoms with Gasteiger partial charge in [-0.15, -0.1) is 0 Å². The zero-order valence-electron chi connectivity index (χ0n) is 17.3. The van der Waals surface area contributed by atoms with Crippen LogP contribution in [0.5, 0.6) is 0 Å². The Morgan fingerprint density at radius 1 is 1.06 bits per heavy atom. The lowest BCUT2D eigenvalue weighted by Gasteiger charge is -2.40. The van der Waals surface area contributed by atoms with Crippen LogP contribution < -0.4 is 4.72 Å². The monoisotopic (exact) mass is 521 g/mol. The number of hydrogen-bond donors (Lipinski definition) is 2. The van der Waals surface area contributed by atoms with Crippen molar-refractivity contribution in [3.63, 3.8) is 0 Å². The van der Waals surface area contributed by atoms with Gasteiger partial charge in [-0.1, -0.05) is 11.6 Å². The fourth-order valence-electron chi connectivity index (χ4n) is 4.22. The van der Waals surface area contributed by atoms with E-state index in [4.69, 9.17) is 16.7 Å². The van der Waals surface area contributed by atoms with Gasteiger partial charge in [0.25, 0.3) is 0 Å². The Morgan fingerprint density at radius 2 is 1.67 bits per heavy atom. The van der Waals surface area contributed by atoms with Gasteiger partial charge in [0.15, 0.2) is 9.84 Å². The predicted octanol–water partition coefficient (Wildman–Crippen LogP) is 3.48. The van der Waals surface area contributed by atoms with Crippen LogP contribution in [0, 0.1) is 17.6 Å². The third-order valence-electron chi connectivity index (χ3n) is 5.87. The van der Waals surface area contributed by atoms with Crippen LogP contribution in [0.25, 0.3) is 0 Å². The van der Waals surface area contributed by atoms with E-state index in [9.17, 15) is 30.4 Å². The summed E-state index contributed by atoms with van der Waals surface area (Å²) >= 11 is 5.87. The fraction of sp³-hybridized carbons (Fsp3) is 0.381. The van der Waals surface area contributed by atoms with E-state index in [1.807, 2.05) is 4.72 Å². The van der Waals surface area contributed by atoms with Gasteiger partial charge in [-0.25, -0.2) is 30.3 Å². The zero-order chi connectivity index (χ0) is 24.4. The highest BCUT2D eigenvalue weighted by Crippen LogP contribution is 2.49. The maximum atomic E-state index is 14.8. The second kappa shape index (κ2) is 9.65. The van der Waals surface area contributed by atoms with Crippen LogP contribution in [0.2, 0.25) is 5.02 Å². The summed E-state index contributed by atoms with van der Waals surface area (Å²) in [6.07, 6.45) is -0.0948. The molecule has 0 bridgehead atoms. The molecule has 1 saturated carbocycles. The largest absolute Gasteiger partial charge is 0.480 e. The Hall–Kier alpha value is -2.08. The lowest BCUT2D eigenvalue weighted by molar-refractivity contribution is -0.135. The second-order valence-electron chi connectivity index (χ2n) is 8.02. The first-order valence-electron chi connectivity index (χ1n) is 10.0. The molecule has 0 amide bonds. The van der Waals surface area contributed by atoms with Gasteiger partial charge in [0.05, 0.1) is 10.6 Å². The molecule has 2 aromatic carbocycles. The molecule has 0 aromatic heterocycles. The first-order valence-corrected chi connectivity index (χ1v) is 13.5. The van der Waals surface area contributed by atoms with E-state index >= 15 is 0 Å². The number of benzene rings is 2. The average molecular weight is 522 g/mol. The highest BCUT2D eigenvalue weighted by molar-refractivity contribution is 7.92. The number of rotatable bonds is 8. The van der Waals surface area contributed by atoms with Crippen molar-refractivity contribution in [2.24, 2.45) is 5.92 Å². The molecule has 0 spiro atoms. The Balaban J connectivity index is 1.97. The van der Waals surface area contributed by atoms with Crippen molar-refractivity contribution >= 4 is 37.4 Å². The minimum Gasteiger partial charge on any atom is -0.480 e. The molecular formula is C21H22ClF2NO6S2. The number of sulfone groups is 1. The molecule has 1 aliphatic carbocycles. The molecule has 1 aliphatic rings. The third kappa shape index (κ3) is 5.53. The van der Waals surface area contributed by atoms with Crippen molar-refractivity contribution in [3.05, 3.63) is 64.7 Å². The molecule has 3 rings (SSSR count). The van der Waals surface area contributed by atoms with Crippen LogP contribution in [0.3, 0.4) is 0 Å². The molecule has 33 heavy (non-hydrogen) atoms. The number of halogens is 3. The molecule has 1 fully saturated rings. The summed E-state index contributed by atoms with van der Waals surface area (Å²) in [6.45, 7) is -0.765. The second-order valence-corrected chi connectivity index (χ2v) is 12.6. The minimum absolute atomic E-state index is 0.0940. The van der Waals surface area contributed by atoms with Gasteiger partial charge in [0.2, 0.25) is 10.0 Å². The summed E-state index contributed by atoms with van der Waals surface area (Å²) in [5.41, 5.74) is -0.303. The average Bonchev–Trinajstić information content (AvgIpc) is 2.75. The first-order chi connectivity index (χ1) is 15.4. The molecule has 0 atom stereocenters. The molecule has 180 valence electrons. The standard InChI is InChI=1S/C21H22ClF2NO6S2/c22-15-1-4-17(5-2-15)33(30,31)21(18-11-16(23)3-6-19(18)24)9-7-14(8-10-21)13-32(28,29)25-12-20(26)27/h1-6,11,14,25H,7-10,12-13H2,(H,26,27). The lowest BCUT2D eigenvalue weighted by Crippen LogP contribution is -2.42. The van der Waals surface area contributed by atoms with Gasteiger partial charge >= 0.3 is 5.97 Å². The summed E-state index contributed by atoms with van der Waals surface area (Å²) in [5, 5.41) is 8.98. The third-order valence-corrected chi connectivity index (χ3v) is 10.2. The first kappa shape index (κ1) is 25.5. The Kier molecular flexibility index (Phi) is 7.47. The van der Waals surface area contributed by atoms with Crippen molar-refractivity contribution in [1.82, 2.24) is 4.72 Å². The summed E-state index contributed by atoms with van der Waals surface area (Å²) in [5.74, 6) is -3.88. The van der Waals surface area contributed by atoms with Gasteiger partial charge in [-0.2, -0.15) is 0 Å². The maximum absolute atomic E-state index is 14.8. The van der Waals surface area contributed by atoms with E-state index in [2.05, 4.69) is 0 Å². The molecule has 2 aromatic rings.